The highest BCUT2D eigenvalue weighted by Gasteiger charge is 2.38. The van der Waals surface area contributed by atoms with Crippen LogP contribution in [-0.4, -0.2) is 23.2 Å². The highest BCUT2D eigenvalue weighted by Crippen LogP contribution is 2.39. The standard InChI is InChI=1S/C15H16N4O/c1-15(2)10-8-9(4-5-12(10)17-14(15)20)11-6-7-13(16-3)19-18-11/h4-8H,1-3H3,(H,16,19)(H,17,20). The van der Waals surface area contributed by atoms with Gasteiger partial charge < -0.3 is 10.6 Å². The molecule has 5 heteroatoms. The first-order valence-electron chi connectivity index (χ1n) is 6.50. The minimum Gasteiger partial charge on any atom is -0.372 e. The molecule has 0 unspecified atom stereocenters. The summed E-state index contributed by atoms with van der Waals surface area (Å²) < 4.78 is 0. The van der Waals surface area contributed by atoms with Crippen LogP contribution in [0.3, 0.4) is 0 Å². The van der Waals surface area contributed by atoms with E-state index in [0.29, 0.717) is 0 Å². The molecule has 2 heterocycles. The first-order valence-corrected chi connectivity index (χ1v) is 6.50. The van der Waals surface area contributed by atoms with E-state index >= 15 is 0 Å². The van der Waals surface area contributed by atoms with Crippen LogP contribution in [0.4, 0.5) is 11.5 Å². The molecule has 1 aromatic heterocycles. The fraction of sp³-hybridized carbons (Fsp3) is 0.267. The first kappa shape index (κ1) is 12.6. The summed E-state index contributed by atoms with van der Waals surface area (Å²) in [5, 5.41) is 14.1. The first-order chi connectivity index (χ1) is 9.52. The molecule has 1 amide bonds. The molecule has 20 heavy (non-hydrogen) atoms. The Morgan fingerprint density at radius 3 is 2.60 bits per heavy atom. The highest BCUT2D eigenvalue weighted by molar-refractivity contribution is 6.06. The lowest BCUT2D eigenvalue weighted by Gasteiger charge is -2.15. The normalized spacial score (nSPS) is 15.7. The molecule has 102 valence electrons. The predicted octanol–water partition coefficient (Wildman–Crippen LogP) is 2.41. The van der Waals surface area contributed by atoms with Gasteiger partial charge in [0.15, 0.2) is 0 Å². The van der Waals surface area contributed by atoms with Gasteiger partial charge in [-0.25, -0.2) is 0 Å². The number of hydrogen-bond acceptors (Lipinski definition) is 4. The van der Waals surface area contributed by atoms with Crippen LogP contribution in [0.5, 0.6) is 0 Å². The van der Waals surface area contributed by atoms with Crippen LogP contribution in [0.25, 0.3) is 11.3 Å². The Bertz CT molecular complexity index is 677. The van der Waals surface area contributed by atoms with Crippen LogP contribution in [-0.2, 0) is 10.2 Å². The van der Waals surface area contributed by atoms with E-state index in [2.05, 4.69) is 20.8 Å². The molecule has 0 bridgehead atoms. The summed E-state index contributed by atoms with van der Waals surface area (Å²) in [6, 6.07) is 9.67. The average molecular weight is 268 g/mol. The van der Waals surface area contributed by atoms with Gasteiger partial charge in [-0.1, -0.05) is 6.07 Å². The summed E-state index contributed by atoms with van der Waals surface area (Å²) in [7, 11) is 1.80. The number of fused-ring (bicyclic) bond motifs is 1. The quantitative estimate of drug-likeness (QED) is 0.877. The molecule has 0 atom stereocenters. The smallest absolute Gasteiger partial charge is 0.234 e. The zero-order valence-electron chi connectivity index (χ0n) is 11.7. The summed E-state index contributed by atoms with van der Waals surface area (Å²) in [5.74, 6) is 0.758. The number of benzene rings is 1. The van der Waals surface area contributed by atoms with E-state index in [1.807, 2.05) is 44.2 Å². The zero-order valence-corrected chi connectivity index (χ0v) is 11.7. The Morgan fingerprint density at radius 2 is 1.95 bits per heavy atom. The van der Waals surface area contributed by atoms with Crippen molar-refractivity contribution in [3.05, 3.63) is 35.9 Å². The van der Waals surface area contributed by atoms with E-state index in [-0.39, 0.29) is 5.91 Å². The number of amides is 1. The third-order valence-electron chi connectivity index (χ3n) is 3.73. The van der Waals surface area contributed by atoms with E-state index < -0.39 is 5.41 Å². The summed E-state index contributed by atoms with van der Waals surface area (Å²) >= 11 is 0. The SMILES string of the molecule is CNc1ccc(-c2ccc3c(c2)C(C)(C)C(=O)N3)nn1. The third kappa shape index (κ3) is 1.82. The van der Waals surface area contributed by atoms with E-state index in [1.54, 1.807) is 7.05 Å². The molecule has 0 spiro atoms. The minimum atomic E-state index is -0.510. The molecule has 2 aromatic rings. The number of nitrogens with zero attached hydrogens (tertiary/aromatic N) is 2. The Morgan fingerprint density at radius 1 is 1.15 bits per heavy atom. The summed E-state index contributed by atoms with van der Waals surface area (Å²) in [6.45, 7) is 3.85. The van der Waals surface area contributed by atoms with Crippen molar-refractivity contribution in [2.24, 2.45) is 0 Å². The van der Waals surface area contributed by atoms with Crippen molar-refractivity contribution in [1.29, 1.82) is 0 Å². The summed E-state index contributed by atoms with van der Waals surface area (Å²) in [5.41, 5.74) is 3.12. The van der Waals surface area contributed by atoms with Gasteiger partial charge in [0, 0.05) is 18.3 Å². The lowest BCUT2D eigenvalue weighted by Crippen LogP contribution is -2.26. The number of carbonyl (C=O) groups excluding carboxylic acids is 1. The molecule has 5 nitrogen and oxygen atoms in total. The van der Waals surface area contributed by atoms with Gasteiger partial charge in [0.25, 0.3) is 0 Å². The van der Waals surface area contributed by atoms with Gasteiger partial charge in [0.2, 0.25) is 5.91 Å². The van der Waals surface area contributed by atoms with Crippen molar-refractivity contribution in [2.75, 3.05) is 17.7 Å². The van der Waals surface area contributed by atoms with E-state index in [1.165, 1.54) is 0 Å². The zero-order chi connectivity index (χ0) is 14.3. The maximum atomic E-state index is 11.9. The van der Waals surface area contributed by atoms with Gasteiger partial charge in [-0.3, -0.25) is 4.79 Å². The fourth-order valence-corrected chi connectivity index (χ4v) is 2.35. The molecule has 1 aliphatic rings. The Kier molecular flexibility index (Phi) is 2.71. The van der Waals surface area contributed by atoms with Crippen LogP contribution in [0.1, 0.15) is 19.4 Å². The number of nitrogens with one attached hydrogen (secondary N) is 2. The molecule has 3 rings (SSSR count). The monoisotopic (exact) mass is 268 g/mol. The second kappa shape index (κ2) is 4.30. The van der Waals surface area contributed by atoms with Crippen LogP contribution in [0.15, 0.2) is 30.3 Å². The van der Waals surface area contributed by atoms with Crippen molar-refractivity contribution < 1.29 is 4.79 Å². The number of aromatic nitrogens is 2. The highest BCUT2D eigenvalue weighted by atomic mass is 16.2. The fourth-order valence-electron chi connectivity index (χ4n) is 2.35. The summed E-state index contributed by atoms with van der Waals surface area (Å²) in [6.07, 6.45) is 0. The van der Waals surface area contributed by atoms with Crippen molar-refractivity contribution in [3.8, 4) is 11.3 Å². The molecule has 1 aromatic carbocycles. The van der Waals surface area contributed by atoms with Crippen molar-refractivity contribution in [2.45, 2.75) is 19.3 Å². The molecule has 0 saturated heterocycles. The Hall–Kier alpha value is -2.43. The van der Waals surface area contributed by atoms with Gasteiger partial charge >= 0.3 is 0 Å². The van der Waals surface area contributed by atoms with Gasteiger partial charge in [0.05, 0.1) is 11.1 Å². The van der Waals surface area contributed by atoms with Crippen LogP contribution in [0, 0.1) is 0 Å². The van der Waals surface area contributed by atoms with Crippen molar-refractivity contribution in [1.82, 2.24) is 10.2 Å². The van der Waals surface area contributed by atoms with Crippen LogP contribution >= 0.6 is 0 Å². The second-order valence-electron chi connectivity index (χ2n) is 5.39. The lowest BCUT2D eigenvalue weighted by atomic mass is 9.85. The lowest BCUT2D eigenvalue weighted by molar-refractivity contribution is -0.119. The van der Waals surface area contributed by atoms with Crippen molar-refractivity contribution >= 4 is 17.4 Å². The van der Waals surface area contributed by atoms with E-state index in [9.17, 15) is 4.79 Å². The predicted molar refractivity (Wildman–Crippen MR) is 78.7 cm³/mol. The molecule has 0 aliphatic carbocycles. The number of carbonyl (C=O) groups is 1. The second-order valence-corrected chi connectivity index (χ2v) is 5.39. The van der Waals surface area contributed by atoms with Crippen LogP contribution < -0.4 is 10.6 Å². The van der Waals surface area contributed by atoms with Gasteiger partial charge in [-0.2, -0.15) is 0 Å². The summed E-state index contributed by atoms with van der Waals surface area (Å²) in [4.78, 5) is 11.9. The van der Waals surface area contributed by atoms with Gasteiger partial charge in [-0.05, 0) is 43.7 Å². The largest absolute Gasteiger partial charge is 0.372 e. The maximum absolute atomic E-state index is 11.9. The van der Waals surface area contributed by atoms with E-state index in [0.717, 1.165) is 28.3 Å². The number of anilines is 2. The Balaban J connectivity index is 2.05. The van der Waals surface area contributed by atoms with Gasteiger partial charge in [-0.15, -0.1) is 10.2 Å². The molecule has 0 radical (unpaired) electrons. The molecular weight excluding hydrogens is 252 g/mol. The molecule has 2 N–H and O–H groups in total. The minimum absolute atomic E-state index is 0.0289. The average Bonchev–Trinajstić information content (AvgIpc) is 2.69. The maximum Gasteiger partial charge on any atom is 0.234 e. The number of rotatable bonds is 2. The number of hydrogen-bond donors (Lipinski definition) is 2. The molecule has 0 fully saturated rings. The molecular formula is C15H16N4O. The molecule has 0 saturated carbocycles. The third-order valence-corrected chi connectivity index (χ3v) is 3.73. The van der Waals surface area contributed by atoms with Gasteiger partial charge in [0.1, 0.15) is 5.82 Å². The topological polar surface area (TPSA) is 66.9 Å². The van der Waals surface area contributed by atoms with Crippen LogP contribution in [0.2, 0.25) is 0 Å². The molecule has 1 aliphatic heterocycles. The Labute approximate surface area is 117 Å². The van der Waals surface area contributed by atoms with Crippen molar-refractivity contribution in [3.63, 3.8) is 0 Å². The van der Waals surface area contributed by atoms with E-state index in [4.69, 9.17) is 0 Å².